The summed E-state index contributed by atoms with van der Waals surface area (Å²) in [5, 5.41) is 48.7. The van der Waals surface area contributed by atoms with Crippen molar-refractivity contribution in [2.75, 3.05) is 6.61 Å². The Kier molecular flexibility index (Phi) is 14.7. The lowest BCUT2D eigenvalue weighted by atomic mass is 9.98. The molecule has 0 amide bonds. The number of rotatable bonds is 16. The lowest BCUT2D eigenvalue weighted by Gasteiger charge is -2.43. The minimum Gasteiger partial charge on any atom is -0.406 e. The minimum atomic E-state index is -2.81. The van der Waals surface area contributed by atoms with E-state index in [1.54, 1.807) is 0 Å². The molecule has 8 nitrogen and oxygen atoms in total. The van der Waals surface area contributed by atoms with Gasteiger partial charge in [0.05, 0.1) is 6.61 Å². The molecule has 0 aromatic carbocycles. The van der Waals surface area contributed by atoms with E-state index in [0.29, 0.717) is 6.42 Å². The molecule has 0 aromatic rings. The number of esters is 1. The van der Waals surface area contributed by atoms with Crippen LogP contribution in [0.5, 0.6) is 0 Å². The van der Waals surface area contributed by atoms with Gasteiger partial charge in [-0.25, -0.2) is 0 Å². The summed E-state index contributed by atoms with van der Waals surface area (Å²) in [4.78, 5) is 12.0. The highest BCUT2D eigenvalue weighted by atomic mass is 16.8. The normalized spacial score (nSPS) is 28.6. The molecule has 0 spiro atoms. The van der Waals surface area contributed by atoms with Crippen molar-refractivity contribution in [3.63, 3.8) is 0 Å². The first-order valence-electron chi connectivity index (χ1n) is 11.9. The largest absolute Gasteiger partial charge is 0.406 e. The summed E-state index contributed by atoms with van der Waals surface area (Å²) in [6.07, 6.45) is 13.5. The van der Waals surface area contributed by atoms with Gasteiger partial charge in [0.2, 0.25) is 0 Å². The number of aliphatic hydroxyl groups excluding tert-OH is 4. The van der Waals surface area contributed by atoms with Gasteiger partial charge < -0.3 is 35.0 Å². The van der Waals surface area contributed by atoms with Crippen LogP contribution in [0.15, 0.2) is 24.3 Å². The molecule has 0 bridgehead atoms. The molecule has 0 unspecified atom stereocenters. The van der Waals surface area contributed by atoms with Gasteiger partial charge in [-0.15, -0.1) is 0 Å². The second-order valence-corrected chi connectivity index (χ2v) is 8.35. The standard InChI is InChI=1S/C24H42O8/c1-2-3-4-5-6-7-8-9-10-11-12-13-14-15-16-17-20(26)32-24(30)23(29)22(28)21(27)19(18-25)31-24/h6-7,9-10,19,21-23,25,27-30H,2-5,8,11-18H2,1H3/b7-6-,10-9-/t19-,21-,22+,23-,24+/m1/s1. The molecule has 0 radical (unpaired) electrons. The van der Waals surface area contributed by atoms with Crippen LogP contribution in [0.4, 0.5) is 0 Å². The van der Waals surface area contributed by atoms with Gasteiger partial charge in [0.25, 0.3) is 0 Å². The van der Waals surface area contributed by atoms with Crippen molar-refractivity contribution in [3.8, 4) is 0 Å². The molecule has 5 N–H and O–H groups in total. The lowest BCUT2D eigenvalue weighted by Crippen LogP contribution is -2.66. The third-order valence-corrected chi connectivity index (χ3v) is 5.52. The number of carbonyl (C=O) groups excluding carboxylic acids is 1. The van der Waals surface area contributed by atoms with Crippen LogP contribution in [0.2, 0.25) is 0 Å². The zero-order valence-corrected chi connectivity index (χ0v) is 19.3. The first-order chi connectivity index (χ1) is 15.4. The van der Waals surface area contributed by atoms with E-state index in [4.69, 9.17) is 14.6 Å². The van der Waals surface area contributed by atoms with Crippen molar-refractivity contribution < 1.29 is 39.8 Å². The van der Waals surface area contributed by atoms with Crippen molar-refractivity contribution in [1.29, 1.82) is 0 Å². The molecule has 5 atom stereocenters. The van der Waals surface area contributed by atoms with Crippen LogP contribution in [0.25, 0.3) is 0 Å². The summed E-state index contributed by atoms with van der Waals surface area (Å²) >= 11 is 0. The maximum absolute atomic E-state index is 12.0. The Morgan fingerprint density at radius 3 is 2.12 bits per heavy atom. The van der Waals surface area contributed by atoms with Gasteiger partial charge in [-0.1, -0.05) is 63.3 Å². The molecule has 0 saturated carbocycles. The third kappa shape index (κ3) is 10.6. The van der Waals surface area contributed by atoms with Gasteiger partial charge in [0.15, 0.2) is 6.10 Å². The molecule has 1 fully saturated rings. The Labute approximate surface area is 191 Å². The number of carbonyl (C=O) groups is 1. The summed E-state index contributed by atoms with van der Waals surface area (Å²) in [6, 6.07) is 0. The Bertz CT molecular complexity index is 562. The molecule has 8 heteroatoms. The van der Waals surface area contributed by atoms with E-state index in [1.165, 1.54) is 19.3 Å². The quantitative estimate of drug-likeness (QED) is 0.103. The van der Waals surface area contributed by atoms with Gasteiger partial charge in [0.1, 0.15) is 18.3 Å². The molecule has 1 aliphatic heterocycles. The molecular weight excluding hydrogens is 416 g/mol. The van der Waals surface area contributed by atoms with Crippen molar-refractivity contribution >= 4 is 5.97 Å². The SMILES string of the molecule is CCCCC/C=C\C/C=C\CCCCCCCC(=O)O[C@@]1(O)O[C@H](CO)[C@@H](O)[C@H](O)[C@H]1O. The zero-order chi connectivity index (χ0) is 23.8. The number of hydrogen-bond donors (Lipinski definition) is 5. The van der Waals surface area contributed by atoms with E-state index in [2.05, 4.69) is 31.2 Å². The highest BCUT2D eigenvalue weighted by molar-refractivity contribution is 5.69. The number of unbranched alkanes of at least 4 members (excludes halogenated alkanes) is 8. The summed E-state index contributed by atoms with van der Waals surface area (Å²) < 4.78 is 9.72. The van der Waals surface area contributed by atoms with Crippen LogP contribution in [-0.4, -0.2) is 68.5 Å². The predicted octanol–water partition coefficient (Wildman–Crippen LogP) is 2.46. The van der Waals surface area contributed by atoms with Crippen molar-refractivity contribution in [2.45, 2.75) is 114 Å². The summed E-state index contributed by atoms with van der Waals surface area (Å²) in [5.41, 5.74) is 0. The fourth-order valence-electron chi connectivity index (χ4n) is 3.50. The van der Waals surface area contributed by atoms with Gasteiger partial charge >= 0.3 is 11.9 Å². The third-order valence-electron chi connectivity index (χ3n) is 5.52. The van der Waals surface area contributed by atoms with Gasteiger partial charge in [-0.2, -0.15) is 0 Å². The van der Waals surface area contributed by atoms with Crippen LogP contribution in [0, 0.1) is 0 Å². The average molecular weight is 459 g/mol. The molecule has 32 heavy (non-hydrogen) atoms. The molecule has 1 aliphatic rings. The Hall–Kier alpha value is -1.29. The average Bonchev–Trinajstić information content (AvgIpc) is 2.77. The monoisotopic (exact) mass is 458 g/mol. The summed E-state index contributed by atoms with van der Waals surface area (Å²) in [6.45, 7) is 1.48. The Balaban J connectivity index is 2.11. The molecule has 0 aliphatic carbocycles. The second-order valence-electron chi connectivity index (χ2n) is 8.35. The van der Waals surface area contributed by atoms with E-state index in [1.807, 2.05) is 0 Å². The minimum absolute atomic E-state index is 0.0192. The topological polar surface area (TPSA) is 137 Å². The maximum Gasteiger partial charge on any atom is 0.357 e. The van der Waals surface area contributed by atoms with Crippen LogP contribution in [0.3, 0.4) is 0 Å². The van der Waals surface area contributed by atoms with Crippen LogP contribution >= 0.6 is 0 Å². The predicted molar refractivity (Wildman–Crippen MR) is 120 cm³/mol. The van der Waals surface area contributed by atoms with Gasteiger partial charge in [-0.05, 0) is 38.5 Å². The molecule has 0 aromatic heterocycles. The van der Waals surface area contributed by atoms with Gasteiger partial charge in [0, 0.05) is 6.42 Å². The highest BCUT2D eigenvalue weighted by Crippen LogP contribution is 2.29. The van der Waals surface area contributed by atoms with Crippen molar-refractivity contribution in [1.82, 2.24) is 0 Å². The highest BCUT2D eigenvalue weighted by Gasteiger charge is 2.55. The first-order valence-corrected chi connectivity index (χ1v) is 11.9. The van der Waals surface area contributed by atoms with Crippen LogP contribution in [0.1, 0.15) is 84.0 Å². The first kappa shape index (κ1) is 28.7. The molecule has 1 saturated heterocycles. The number of allylic oxidation sites excluding steroid dienone is 4. The molecule has 1 heterocycles. The Morgan fingerprint density at radius 1 is 0.906 bits per heavy atom. The summed E-state index contributed by atoms with van der Waals surface area (Å²) in [5.74, 6) is -3.60. The van der Waals surface area contributed by atoms with Crippen LogP contribution in [-0.2, 0) is 14.3 Å². The lowest BCUT2D eigenvalue weighted by molar-refractivity contribution is -0.434. The number of aliphatic hydroxyl groups is 5. The summed E-state index contributed by atoms with van der Waals surface area (Å²) in [7, 11) is 0. The van der Waals surface area contributed by atoms with E-state index in [0.717, 1.165) is 44.9 Å². The second kappa shape index (κ2) is 16.3. The van der Waals surface area contributed by atoms with Crippen LogP contribution < -0.4 is 0 Å². The molecular formula is C24H42O8. The fraction of sp³-hybridized carbons (Fsp3) is 0.792. The van der Waals surface area contributed by atoms with E-state index in [9.17, 15) is 25.2 Å². The smallest absolute Gasteiger partial charge is 0.357 e. The van der Waals surface area contributed by atoms with E-state index >= 15 is 0 Å². The number of ether oxygens (including phenoxy) is 2. The van der Waals surface area contributed by atoms with Gasteiger partial charge in [-0.3, -0.25) is 4.79 Å². The number of hydrogen-bond acceptors (Lipinski definition) is 8. The maximum atomic E-state index is 12.0. The molecule has 186 valence electrons. The van der Waals surface area contributed by atoms with E-state index in [-0.39, 0.29) is 6.42 Å². The Morgan fingerprint density at radius 2 is 1.50 bits per heavy atom. The van der Waals surface area contributed by atoms with E-state index < -0.39 is 43.0 Å². The van der Waals surface area contributed by atoms with Crippen molar-refractivity contribution in [2.24, 2.45) is 0 Å². The van der Waals surface area contributed by atoms with Crippen molar-refractivity contribution in [3.05, 3.63) is 24.3 Å². The fourth-order valence-corrected chi connectivity index (χ4v) is 3.50. The zero-order valence-electron chi connectivity index (χ0n) is 19.3. The molecule has 1 rings (SSSR count).